The summed E-state index contributed by atoms with van der Waals surface area (Å²) >= 11 is 17.3. The summed E-state index contributed by atoms with van der Waals surface area (Å²) in [5.41, 5.74) is 1.48. The third-order valence-corrected chi connectivity index (χ3v) is 3.96. The number of rotatable bonds is 3. The minimum Gasteiger partial charge on any atom is -0.264 e. The SMILES string of the molecule is S=c1[nH]nc(-c2cccnc2)n1N=Cc1cccc(Cl)c1Cl. The number of hydrogen-bond acceptors (Lipinski definition) is 4. The van der Waals surface area contributed by atoms with E-state index < -0.39 is 0 Å². The van der Waals surface area contributed by atoms with E-state index in [0.29, 0.717) is 26.2 Å². The number of hydrogen-bond donors (Lipinski definition) is 1. The summed E-state index contributed by atoms with van der Waals surface area (Å²) in [7, 11) is 0. The van der Waals surface area contributed by atoms with Gasteiger partial charge < -0.3 is 0 Å². The van der Waals surface area contributed by atoms with Crippen molar-refractivity contribution < 1.29 is 0 Å². The molecule has 0 radical (unpaired) electrons. The average molecular weight is 350 g/mol. The molecular formula is C14H9Cl2N5S. The van der Waals surface area contributed by atoms with Gasteiger partial charge >= 0.3 is 0 Å². The molecule has 110 valence electrons. The largest absolute Gasteiger partial charge is 0.264 e. The molecule has 0 amide bonds. The topological polar surface area (TPSA) is 58.9 Å². The molecule has 0 spiro atoms. The molecule has 0 saturated heterocycles. The van der Waals surface area contributed by atoms with Crippen molar-refractivity contribution in [1.29, 1.82) is 0 Å². The number of halogens is 2. The first kappa shape index (κ1) is 14.9. The summed E-state index contributed by atoms with van der Waals surface area (Å²) in [5.74, 6) is 0.563. The Bertz CT molecular complexity index is 886. The first-order chi connectivity index (χ1) is 10.7. The predicted molar refractivity (Wildman–Crippen MR) is 90.1 cm³/mol. The monoisotopic (exact) mass is 349 g/mol. The molecule has 0 aliphatic heterocycles. The first-order valence-electron chi connectivity index (χ1n) is 6.23. The molecule has 0 aliphatic rings. The van der Waals surface area contributed by atoms with Crippen molar-refractivity contribution in [3.05, 3.63) is 63.1 Å². The maximum atomic E-state index is 6.14. The average Bonchev–Trinajstić information content (AvgIpc) is 2.91. The van der Waals surface area contributed by atoms with Gasteiger partial charge in [-0.25, -0.2) is 5.10 Å². The second kappa shape index (κ2) is 6.39. The van der Waals surface area contributed by atoms with Crippen LogP contribution < -0.4 is 0 Å². The zero-order valence-corrected chi connectivity index (χ0v) is 13.4. The van der Waals surface area contributed by atoms with E-state index in [4.69, 9.17) is 35.4 Å². The van der Waals surface area contributed by atoms with Gasteiger partial charge in [0.25, 0.3) is 0 Å². The number of aromatic amines is 1. The van der Waals surface area contributed by atoms with E-state index in [-0.39, 0.29) is 0 Å². The summed E-state index contributed by atoms with van der Waals surface area (Å²) in [6, 6.07) is 9.01. The molecule has 0 aliphatic carbocycles. The van der Waals surface area contributed by atoms with Crippen molar-refractivity contribution in [2.45, 2.75) is 0 Å². The van der Waals surface area contributed by atoms with Crippen LogP contribution in [-0.2, 0) is 0 Å². The van der Waals surface area contributed by atoms with E-state index in [1.165, 1.54) is 4.68 Å². The lowest BCUT2D eigenvalue weighted by Gasteiger charge is -2.02. The highest BCUT2D eigenvalue weighted by atomic mass is 35.5. The van der Waals surface area contributed by atoms with Crippen LogP contribution in [0.3, 0.4) is 0 Å². The number of pyridine rings is 1. The Morgan fingerprint density at radius 1 is 1.23 bits per heavy atom. The van der Waals surface area contributed by atoms with Crippen molar-refractivity contribution in [3.63, 3.8) is 0 Å². The predicted octanol–water partition coefficient (Wildman–Crippen LogP) is 4.19. The molecule has 0 saturated carbocycles. The summed E-state index contributed by atoms with van der Waals surface area (Å²) in [5, 5.41) is 12.1. The molecule has 5 nitrogen and oxygen atoms in total. The smallest absolute Gasteiger partial charge is 0.216 e. The van der Waals surface area contributed by atoms with Gasteiger partial charge in [0, 0.05) is 23.5 Å². The molecule has 0 atom stereocenters. The standard InChI is InChI=1S/C14H9Cl2N5S/c15-11-5-1-3-9(12(11)16)8-18-21-13(19-20-14(21)22)10-4-2-6-17-7-10/h1-8H,(H,20,22). The second-order valence-corrected chi connectivity index (χ2v) is 5.47. The fraction of sp³-hybridized carbons (Fsp3) is 0. The number of nitrogens with zero attached hydrogens (tertiary/aromatic N) is 4. The molecule has 22 heavy (non-hydrogen) atoms. The van der Waals surface area contributed by atoms with Crippen molar-refractivity contribution in [2.24, 2.45) is 5.10 Å². The van der Waals surface area contributed by atoms with Gasteiger partial charge in [-0.15, -0.1) is 0 Å². The number of nitrogens with one attached hydrogen (secondary N) is 1. The fourth-order valence-corrected chi connectivity index (χ4v) is 2.36. The number of aromatic nitrogens is 4. The zero-order chi connectivity index (χ0) is 15.5. The van der Waals surface area contributed by atoms with E-state index in [1.54, 1.807) is 30.7 Å². The quantitative estimate of drug-likeness (QED) is 0.569. The van der Waals surface area contributed by atoms with Crippen LogP contribution in [0.1, 0.15) is 5.56 Å². The Balaban J connectivity index is 2.03. The third kappa shape index (κ3) is 2.94. The number of H-pyrrole nitrogens is 1. The second-order valence-electron chi connectivity index (χ2n) is 4.29. The van der Waals surface area contributed by atoms with Crippen LogP contribution in [0, 0.1) is 4.77 Å². The summed E-state index contributed by atoms with van der Waals surface area (Å²) < 4.78 is 1.87. The van der Waals surface area contributed by atoms with Gasteiger partial charge in [0.05, 0.1) is 16.3 Å². The minimum absolute atomic E-state index is 0.369. The molecular weight excluding hydrogens is 341 g/mol. The van der Waals surface area contributed by atoms with E-state index in [2.05, 4.69) is 20.3 Å². The Kier molecular flexibility index (Phi) is 4.33. The van der Waals surface area contributed by atoms with Crippen molar-refractivity contribution in [3.8, 4) is 11.4 Å². The Morgan fingerprint density at radius 3 is 2.86 bits per heavy atom. The van der Waals surface area contributed by atoms with Crippen molar-refractivity contribution in [1.82, 2.24) is 19.9 Å². The van der Waals surface area contributed by atoms with E-state index in [1.807, 2.05) is 18.2 Å². The van der Waals surface area contributed by atoms with Crippen molar-refractivity contribution in [2.75, 3.05) is 0 Å². The van der Waals surface area contributed by atoms with Crippen LogP contribution in [0.15, 0.2) is 47.8 Å². The molecule has 0 bridgehead atoms. The highest BCUT2D eigenvalue weighted by molar-refractivity contribution is 7.71. The Hall–Kier alpha value is -2.02. The molecule has 2 aromatic heterocycles. The Labute approximate surface area is 141 Å². The fourth-order valence-electron chi connectivity index (χ4n) is 1.82. The maximum Gasteiger partial charge on any atom is 0.216 e. The van der Waals surface area contributed by atoms with Crippen LogP contribution in [0.5, 0.6) is 0 Å². The minimum atomic E-state index is 0.369. The molecule has 1 aromatic carbocycles. The lowest BCUT2D eigenvalue weighted by Crippen LogP contribution is -1.95. The molecule has 8 heteroatoms. The number of benzene rings is 1. The zero-order valence-electron chi connectivity index (χ0n) is 11.1. The molecule has 1 N–H and O–H groups in total. The normalized spacial score (nSPS) is 11.2. The van der Waals surface area contributed by atoms with E-state index >= 15 is 0 Å². The molecule has 3 aromatic rings. The van der Waals surface area contributed by atoms with E-state index in [0.717, 1.165) is 5.56 Å². The lowest BCUT2D eigenvalue weighted by atomic mass is 10.2. The van der Waals surface area contributed by atoms with Gasteiger partial charge in [0.1, 0.15) is 0 Å². The maximum absolute atomic E-state index is 6.14. The highest BCUT2D eigenvalue weighted by Gasteiger charge is 2.08. The van der Waals surface area contributed by atoms with Crippen LogP contribution in [0.4, 0.5) is 0 Å². The van der Waals surface area contributed by atoms with Crippen LogP contribution in [0.2, 0.25) is 10.0 Å². The molecule has 0 fully saturated rings. The summed E-state index contributed by atoms with van der Waals surface area (Å²) in [6.45, 7) is 0. The van der Waals surface area contributed by atoms with E-state index in [9.17, 15) is 0 Å². The Morgan fingerprint density at radius 2 is 2.09 bits per heavy atom. The lowest BCUT2D eigenvalue weighted by molar-refractivity contribution is 0.871. The van der Waals surface area contributed by atoms with Crippen LogP contribution >= 0.6 is 35.4 Å². The van der Waals surface area contributed by atoms with Crippen molar-refractivity contribution >= 4 is 41.6 Å². The van der Waals surface area contributed by atoms with Gasteiger partial charge in [0.15, 0.2) is 5.82 Å². The molecule has 2 heterocycles. The first-order valence-corrected chi connectivity index (χ1v) is 7.39. The summed E-state index contributed by atoms with van der Waals surface area (Å²) in [6.07, 6.45) is 4.95. The highest BCUT2D eigenvalue weighted by Crippen LogP contribution is 2.24. The van der Waals surface area contributed by atoms with Gasteiger partial charge in [-0.2, -0.15) is 14.9 Å². The van der Waals surface area contributed by atoms with Gasteiger partial charge in [-0.05, 0) is 30.4 Å². The van der Waals surface area contributed by atoms with Crippen LogP contribution in [0.25, 0.3) is 11.4 Å². The van der Waals surface area contributed by atoms with Gasteiger partial charge in [-0.3, -0.25) is 4.98 Å². The summed E-state index contributed by atoms with van der Waals surface area (Å²) in [4.78, 5) is 4.06. The third-order valence-electron chi connectivity index (χ3n) is 2.86. The molecule has 3 rings (SSSR count). The van der Waals surface area contributed by atoms with Crippen LogP contribution in [-0.4, -0.2) is 26.1 Å². The van der Waals surface area contributed by atoms with Gasteiger partial charge in [-0.1, -0.05) is 35.3 Å². The molecule has 0 unspecified atom stereocenters. The van der Waals surface area contributed by atoms with Gasteiger partial charge in [0.2, 0.25) is 4.77 Å².